The van der Waals surface area contributed by atoms with Crippen molar-refractivity contribution in [2.75, 3.05) is 0 Å². The van der Waals surface area contributed by atoms with Crippen LogP contribution in [-0.2, 0) is 0 Å². The molecular weight excluding hydrogens is 210 g/mol. The van der Waals surface area contributed by atoms with E-state index < -0.39 is 22.4 Å². The number of carbonyl (C=O) groups excluding carboxylic acids is 1. The molecular formula is C10H7ClF2O. The fourth-order valence-electron chi connectivity index (χ4n) is 0.945. The third kappa shape index (κ3) is 2.17. The SMILES string of the molecule is CC=CC(=O)c1cc(F)c(Cl)c(F)c1. The van der Waals surface area contributed by atoms with Crippen LogP contribution >= 0.6 is 11.6 Å². The molecule has 0 bridgehead atoms. The lowest BCUT2D eigenvalue weighted by molar-refractivity contribution is 0.104. The number of ketones is 1. The zero-order valence-corrected chi connectivity index (χ0v) is 8.11. The quantitative estimate of drug-likeness (QED) is 0.421. The van der Waals surface area contributed by atoms with Gasteiger partial charge in [-0.1, -0.05) is 17.7 Å². The first-order chi connectivity index (χ1) is 6.56. The summed E-state index contributed by atoms with van der Waals surface area (Å²) in [6.45, 7) is 1.64. The number of carbonyl (C=O) groups is 1. The first-order valence-electron chi connectivity index (χ1n) is 3.88. The molecule has 1 aromatic rings. The molecule has 0 aliphatic carbocycles. The molecule has 0 radical (unpaired) electrons. The van der Waals surface area contributed by atoms with E-state index in [1.54, 1.807) is 6.92 Å². The second-order valence-electron chi connectivity index (χ2n) is 2.62. The van der Waals surface area contributed by atoms with Crippen LogP contribution in [0.4, 0.5) is 8.78 Å². The van der Waals surface area contributed by atoms with Gasteiger partial charge in [0.25, 0.3) is 0 Å². The van der Waals surface area contributed by atoms with E-state index in [1.165, 1.54) is 12.2 Å². The fourth-order valence-corrected chi connectivity index (χ4v) is 1.05. The zero-order valence-electron chi connectivity index (χ0n) is 7.35. The number of benzene rings is 1. The Morgan fingerprint density at radius 1 is 1.36 bits per heavy atom. The summed E-state index contributed by atoms with van der Waals surface area (Å²) in [5.41, 5.74) is -0.0532. The van der Waals surface area contributed by atoms with Gasteiger partial charge in [0.2, 0.25) is 0 Å². The highest BCUT2D eigenvalue weighted by Gasteiger charge is 2.11. The minimum absolute atomic E-state index is 0.0532. The standard InChI is InChI=1S/C10H7ClF2O/c1-2-3-9(14)6-4-7(12)10(11)8(13)5-6/h2-5H,1H3. The van der Waals surface area contributed by atoms with Gasteiger partial charge >= 0.3 is 0 Å². The fraction of sp³-hybridized carbons (Fsp3) is 0.100. The summed E-state index contributed by atoms with van der Waals surface area (Å²) in [5.74, 6) is -2.32. The molecule has 0 aromatic heterocycles. The van der Waals surface area contributed by atoms with Gasteiger partial charge in [0.15, 0.2) is 5.78 Å². The monoisotopic (exact) mass is 216 g/mol. The summed E-state index contributed by atoms with van der Waals surface area (Å²) >= 11 is 5.25. The largest absolute Gasteiger partial charge is 0.289 e. The van der Waals surface area contributed by atoms with Crippen molar-refractivity contribution in [2.45, 2.75) is 6.92 Å². The maximum Gasteiger partial charge on any atom is 0.185 e. The van der Waals surface area contributed by atoms with Gasteiger partial charge in [-0.25, -0.2) is 8.78 Å². The van der Waals surface area contributed by atoms with Crippen molar-refractivity contribution in [3.05, 3.63) is 46.5 Å². The smallest absolute Gasteiger partial charge is 0.185 e. The molecule has 1 nitrogen and oxygen atoms in total. The number of hydrogen-bond acceptors (Lipinski definition) is 1. The highest BCUT2D eigenvalue weighted by Crippen LogP contribution is 2.20. The van der Waals surface area contributed by atoms with Gasteiger partial charge in [0.05, 0.1) is 0 Å². The van der Waals surface area contributed by atoms with E-state index in [4.69, 9.17) is 11.6 Å². The van der Waals surface area contributed by atoms with Gasteiger partial charge < -0.3 is 0 Å². The maximum atomic E-state index is 12.9. The lowest BCUT2D eigenvalue weighted by Crippen LogP contribution is -1.97. The third-order valence-electron chi connectivity index (χ3n) is 1.59. The lowest BCUT2D eigenvalue weighted by atomic mass is 10.1. The predicted molar refractivity (Wildman–Crippen MR) is 50.5 cm³/mol. The Morgan fingerprint density at radius 3 is 2.29 bits per heavy atom. The van der Waals surface area contributed by atoms with E-state index in [9.17, 15) is 13.6 Å². The van der Waals surface area contributed by atoms with Crippen molar-refractivity contribution < 1.29 is 13.6 Å². The second-order valence-corrected chi connectivity index (χ2v) is 3.00. The van der Waals surface area contributed by atoms with Gasteiger partial charge in [-0.15, -0.1) is 0 Å². The van der Waals surface area contributed by atoms with Crippen LogP contribution < -0.4 is 0 Å². The summed E-state index contributed by atoms with van der Waals surface area (Å²) in [6, 6.07) is 1.82. The number of allylic oxidation sites excluding steroid dienone is 2. The molecule has 0 aliphatic rings. The molecule has 0 N–H and O–H groups in total. The van der Waals surface area contributed by atoms with Gasteiger partial charge in [0, 0.05) is 5.56 Å². The van der Waals surface area contributed by atoms with Crippen LogP contribution in [0, 0.1) is 11.6 Å². The van der Waals surface area contributed by atoms with Crippen LogP contribution in [0.5, 0.6) is 0 Å². The Hall–Kier alpha value is -1.22. The van der Waals surface area contributed by atoms with Gasteiger partial charge in [-0.2, -0.15) is 0 Å². The molecule has 0 spiro atoms. The van der Waals surface area contributed by atoms with Crippen LogP contribution in [0.15, 0.2) is 24.3 Å². The second kappa shape index (κ2) is 4.33. The molecule has 0 saturated heterocycles. The van der Waals surface area contributed by atoms with E-state index in [2.05, 4.69) is 0 Å². The Labute approximate surface area is 85.0 Å². The van der Waals surface area contributed by atoms with Crippen molar-refractivity contribution in [3.8, 4) is 0 Å². The van der Waals surface area contributed by atoms with Crippen LogP contribution in [0.2, 0.25) is 5.02 Å². The summed E-state index contributed by atoms with van der Waals surface area (Å²) in [5, 5.41) is -0.595. The first-order valence-corrected chi connectivity index (χ1v) is 4.25. The molecule has 0 atom stereocenters. The number of hydrogen-bond donors (Lipinski definition) is 0. The predicted octanol–water partition coefficient (Wildman–Crippen LogP) is 3.38. The zero-order chi connectivity index (χ0) is 10.7. The van der Waals surface area contributed by atoms with Crippen molar-refractivity contribution in [3.63, 3.8) is 0 Å². The average molecular weight is 217 g/mol. The Bertz CT molecular complexity index is 376. The molecule has 1 aromatic carbocycles. The van der Waals surface area contributed by atoms with Gasteiger partial charge in [-0.05, 0) is 25.1 Å². The topological polar surface area (TPSA) is 17.1 Å². The molecule has 0 aliphatic heterocycles. The highest BCUT2D eigenvalue weighted by atomic mass is 35.5. The lowest BCUT2D eigenvalue weighted by Gasteiger charge is -1.99. The third-order valence-corrected chi connectivity index (χ3v) is 1.95. The molecule has 1 rings (SSSR count). The van der Waals surface area contributed by atoms with Crippen molar-refractivity contribution >= 4 is 17.4 Å². The maximum absolute atomic E-state index is 12.9. The number of rotatable bonds is 2. The summed E-state index contributed by atoms with van der Waals surface area (Å²) in [7, 11) is 0. The summed E-state index contributed by atoms with van der Waals surface area (Å²) in [6.07, 6.45) is 2.72. The number of halogens is 3. The van der Waals surface area contributed by atoms with Crippen molar-refractivity contribution in [1.29, 1.82) is 0 Å². The van der Waals surface area contributed by atoms with E-state index in [0.717, 1.165) is 12.1 Å². The first kappa shape index (κ1) is 10.9. The normalized spacial score (nSPS) is 10.9. The van der Waals surface area contributed by atoms with E-state index in [0.29, 0.717) is 0 Å². The van der Waals surface area contributed by atoms with Gasteiger partial charge in [0.1, 0.15) is 16.7 Å². The Balaban J connectivity index is 3.19. The highest BCUT2D eigenvalue weighted by molar-refractivity contribution is 6.31. The van der Waals surface area contributed by atoms with Crippen molar-refractivity contribution in [2.24, 2.45) is 0 Å². The molecule has 0 saturated carbocycles. The average Bonchev–Trinajstić information content (AvgIpc) is 2.13. The Morgan fingerprint density at radius 2 is 1.86 bits per heavy atom. The van der Waals surface area contributed by atoms with E-state index in [1.807, 2.05) is 0 Å². The minimum Gasteiger partial charge on any atom is -0.289 e. The van der Waals surface area contributed by atoms with Crippen LogP contribution in [-0.4, -0.2) is 5.78 Å². The van der Waals surface area contributed by atoms with Crippen LogP contribution in [0.1, 0.15) is 17.3 Å². The van der Waals surface area contributed by atoms with E-state index >= 15 is 0 Å². The molecule has 4 heteroatoms. The molecule has 0 heterocycles. The molecule has 0 fully saturated rings. The molecule has 74 valence electrons. The van der Waals surface area contributed by atoms with Gasteiger partial charge in [-0.3, -0.25) is 4.79 Å². The minimum atomic E-state index is -0.931. The molecule has 14 heavy (non-hydrogen) atoms. The van der Waals surface area contributed by atoms with E-state index in [-0.39, 0.29) is 5.56 Å². The molecule has 0 unspecified atom stereocenters. The summed E-state index contributed by atoms with van der Waals surface area (Å²) in [4.78, 5) is 11.2. The van der Waals surface area contributed by atoms with Crippen molar-refractivity contribution in [1.82, 2.24) is 0 Å². The Kier molecular flexibility index (Phi) is 3.36. The summed E-state index contributed by atoms with van der Waals surface area (Å²) < 4.78 is 25.8. The van der Waals surface area contributed by atoms with Crippen LogP contribution in [0.25, 0.3) is 0 Å². The molecule has 0 amide bonds. The van der Waals surface area contributed by atoms with Crippen LogP contribution in [0.3, 0.4) is 0 Å².